The van der Waals surface area contributed by atoms with Gasteiger partial charge in [-0.15, -0.1) is 0 Å². The van der Waals surface area contributed by atoms with Crippen molar-refractivity contribution in [1.82, 2.24) is 20.2 Å². The molecule has 0 aliphatic heterocycles. The Hall–Kier alpha value is -4.24. The van der Waals surface area contributed by atoms with Gasteiger partial charge < -0.3 is 29.7 Å². The second-order valence-electron chi connectivity index (χ2n) is 12.6. The van der Waals surface area contributed by atoms with Crippen LogP contribution >= 0.6 is 11.6 Å². The molecule has 232 valence electrons. The number of hydrogen-bond donors (Lipinski definition) is 3. The minimum absolute atomic E-state index is 0.00264. The molecule has 5 rings (SSSR count). The summed E-state index contributed by atoms with van der Waals surface area (Å²) in [6.45, 7) is 9.41. The average molecular weight is 619 g/mol. The fourth-order valence-electron chi connectivity index (χ4n) is 5.54. The van der Waals surface area contributed by atoms with Crippen LogP contribution in [-0.4, -0.2) is 39.2 Å². The number of hydrogen-bond acceptors (Lipinski definition) is 5. The van der Waals surface area contributed by atoms with E-state index in [4.69, 9.17) is 21.1 Å². The molecule has 9 nitrogen and oxygen atoms in total. The first-order valence-corrected chi connectivity index (χ1v) is 15.2. The summed E-state index contributed by atoms with van der Waals surface area (Å²) in [5.74, 6) is 0.979. The lowest BCUT2D eigenvalue weighted by Gasteiger charge is -2.30. The van der Waals surface area contributed by atoms with Gasteiger partial charge in [0.1, 0.15) is 28.3 Å². The van der Waals surface area contributed by atoms with Crippen LogP contribution in [-0.2, 0) is 11.8 Å². The Morgan fingerprint density at radius 2 is 1.64 bits per heavy atom. The number of benzene rings is 2. The molecule has 10 heteroatoms. The minimum atomic E-state index is -0.554. The molecule has 1 aliphatic carbocycles. The lowest BCUT2D eigenvalue weighted by Crippen LogP contribution is -2.45. The number of carbonyl (C=O) groups is 2. The number of H-pyrrole nitrogens is 1. The van der Waals surface area contributed by atoms with Gasteiger partial charge >= 0.3 is 6.09 Å². The van der Waals surface area contributed by atoms with Gasteiger partial charge in [0.2, 0.25) is 0 Å². The maximum Gasteiger partial charge on any atom is 0.407 e. The molecule has 0 unspecified atom stereocenters. The molecule has 2 heterocycles. The summed E-state index contributed by atoms with van der Waals surface area (Å²) in [6.07, 6.45) is 4.25. The van der Waals surface area contributed by atoms with E-state index in [1.165, 1.54) is 4.57 Å². The number of halogens is 1. The highest BCUT2D eigenvalue weighted by Gasteiger charge is 2.26. The van der Waals surface area contributed by atoms with Crippen molar-refractivity contribution in [3.05, 3.63) is 80.9 Å². The Balaban J connectivity index is 1.34. The van der Waals surface area contributed by atoms with Crippen molar-refractivity contribution in [2.24, 2.45) is 7.05 Å². The van der Waals surface area contributed by atoms with Gasteiger partial charge in [0.15, 0.2) is 0 Å². The summed E-state index contributed by atoms with van der Waals surface area (Å²) in [4.78, 5) is 41.6. The maximum absolute atomic E-state index is 13.3. The van der Waals surface area contributed by atoms with Gasteiger partial charge in [-0.1, -0.05) is 23.7 Å². The molecule has 0 radical (unpaired) electrons. The van der Waals surface area contributed by atoms with Crippen LogP contribution in [0.15, 0.2) is 53.5 Å². The maximum atomic E-state index is 13.3. The van der Waals surface area contributed by atoms with Gasteiger partial charge in [-0.05, 0) is 107 Å². The fourth-order valence-corrected chi connectivity index (χ4v) is 5.71. The van der Waals surface area contributed by atoms with Gasteiger partial charge in [-0.25, -0.2) is 4.79 Å². The first-order valence-electron chi connectivity index (χ1n) is 14.8. The second-order valence-corrected chi connectivity index (χ2v) is 13.1. The molecule has 0 saturated heterocycles. The third-order valence-electron chi connectivity index (χ3n) is 7.73. The second kappa shape index (κ2) is 12.4. The molecule has 1 aliphatic rings. The zero-order chi connectivity index (χ0) is 31.8. The molecule has 3 N–H and O–H groups in total. The van der Waals surface area contributed by atoms with Crippen LogP contribution in [0.3, 0.4) is 0 Å². The molecule has 1 saturated carbocycles. The summed E-state index contributed by atoms with van der Waals surface area (Å²) < 4.78 is 13.0. The standard InChI is InChI=1S/C34H39ClN4O5/c1-19-13-21(15-25(14-19)43-24-12-7-20(2)28(35)16-24)27-18-39(6)32(41)30-26(27)17-29(38-30)31(40)36-22-8-10-23(11-9-22)37-33(42)44-34(3,4)5/h7,12-18,22-23,38H,8-11H2,1-6H3,(H,36,40)(H,37,42). The molecule has 2 aromatic carbocycles. The topological polar surface area (TPSA) is 114 Å². The van der Waals surface area contributed by atoms with E-state index in [1.54, 1.807) is 25.4 Å². The Bertz CT molecular complexity index is 1780. The molecule has 0 atom stereocenters. The van der Waals surface area contributed by atoms with Crippen LogP contribution in [0.25, 0.3) is 22.0 Å². The lowest BCUT2D eigenvalue weighted by atomic mass is 9.91. The quantitative estimate of drug-likeness (QED) is 0.212. The summed E-state index contributed by atoms with van der Waals surface area (Å²) >= 11 is 6.30. The normalized spacial score (nSPS) is 16.9. The summed E-state index contributed by atoms with van der Waals surface area (Å²) in [6, 6.07) is 13.1. The van der Waals surface area contributed by atoms with Crippen LogP contribution in [0.1, 0.15) is 68.1 Å². The Labute approximate surface area is 261 Å². The van der Waals surface area contributed by atoms with Crippen molar-refractivity contribution in [1.29, 1.82) is 0 Å². The fraction of sp³-hybridized carbons (Fsp3) is 0.382. The smallest absolute Gasteiger partial charge is 0.407 e. The first-order chi connectivity index (χ1) is 20.8. The highest BCUT2D eigenvalue weighted by atomic mass is 35.5. The Morgan fingerprint density at radius 3 is 2.30 bits per heavy atom. The number of amides is 2. The number of ether oxygens (including phenoxy) is 2. The van der Waals surface area contributed by atoms with E-state index in [0.29, 0.717) is 33.1 Å². The molecule has 44 heavy (non-hydrogen) atoms. The van der Waals surface area contributed by atoms with E-state index in [1.807, 2.05) is 65.0 Å². The summed E-state index contributed by atoms with van der Waals surface area (Å²) in [5.41, 5.74) is 3.47. The number of rotatable bonds is 6. The zero-order valence-corrected chi connectivity index (χ0v) is 26.7. The van der Waals surface area contributed by atoms with Gasteiger partial charge in [0.25, 0.3) is 11.5 Å². The lowest BCUT2D eigenvalue weighted by molar-refractivity contribution is 0.0488. The van der Waals surface area contributed by atoms with Crippen LogP contribution in [0.2, 0.25) is 5.02 Å². The summed E-state index contributed by atoms with van der Waals surface area (Å²) in [5, 5.41) is 7.30. The van der Waals surface area contributed by atoms with E-state index < -0.39 is 11.7 Å². The van der Waals surface area contributed by atoms with Crippen molar-refractivity contribution in [3.63, 3.8) is 0 Å². The SMILES string of the molecule is Cc1cc(Oc2ccc(C)c(Cl)c2)cc(-c2cn(C)c(=O)c3[nH]c(C(=O)NC4CCC(NC(=O)OC(C)(C)C)CC4)cc23)c1. The third-order valence-corrected chi connectivity index (χ3v) is 8.14. The zero-order valence-electron chi connectivity index (χ0n) is 26.0. The van der Waals surface area contributed by atoms with Crippen molar-refractivity contribution < 1.29 is 19.1 Å². The molecule has 2 amide bonds. The Morgan fingerprint density at radius 1 is 0.955 bits per heavy atom. The van der Waals surface area contributed by atoms with Crippen LogP contribution in [0.5, 0.6) is 11.5 Å². The number of aromatic nitrogens is 2. The van der Waals surface area contributed by atoms with E-state index >= 15 is 0 Å². The first kappa shape index (κ1) is 31.2. The van der Waals surface area contributed by atoms with Gasteiger partial charge in [0, 0.05) is 41.3 Å². The number of pyridine rings is 1. The highest BCUT2D eigenvalue weighted by Crippen LogP contribution is 2.34. The Kier molecular flexibility index (Phi) is 8.79. The average Bonchev–Trinajstić information content (AvgIpc) is 3.39. The van der Waals surface area contributed by atoms with Crippen LogP contribution < -0.4 is 20.9 Å². The number of nitrogens with one attached hydrogen (secondary N) is 3. The van der Waals surface area contributed by atoms with Crippen LogP contribution in [0.4, 0.5) is 4.79 Å². The van der Waals surface area contributed by atoms with Crippen molar-refractivity contribution in [2.45, 2.75) is 78.0 Å². The van der Waals surface area contributed by atoms with Crippen LogP contribution in [0, 0.1) is 13.8 Å². The van der Waals surface area contributed by atoms with E-state index in [-0.39, 0.29) is 23.6 Å². The molecule has 0 spiro atoms. The van der Waals surface area contributed by atoms with E-state index in [9.17, 15) is 14.4 Å². The monoisotopic (exact) mass is 618 g/mol. The third kappa shape index (κ3) is 7.27. The predicted octanol–water partition coefficient (Wildman–Crippen LogP) is 7.16. The van der Waals surface area contributed by atoms with E-state index in [0.717, 1.165) is 47.9 Å². The predicted molar refractivity (Wildman–Crippen MR) is 173 cm³/mol. The van der Waals surface area contributed by atoms with Crippen molar-refractivity contribution in [2.75, 3.05) is 0 Å². The molecule has 2 aromatic heterocycles. The van der Waals surface area contributed by atoms with Crippen molar-refractivity contribution in [3.8, 4) is 22.6 Å². The number of alkyl carbamates (subject to hydrolysis) is 1. The van der Waals surface area contributed by atoms with Gasteiger partial charge in [-0.3, -0.25) is 9.59 Å². The largest absolute Gasteiger partial charge is 0.457 e. The highest BCUT2D eigenvalue weighted by molar-refractivity contribution is 6.31. The number of aromatic amines is 1. The van der Waals surface area contributed by atoms with Gasteiger partial charge in [0.05, 0.1) is 0 Å². The number of aryl methyl sites for hydroxylation is 3. The molecular formula is C34H39ClN4O5. The number of nitrogens with zero attached hydrogens (tertiary/aromatic N) is 1. The number of fused-ring (bicyclic) bond motifs is 1. The molecule has 0 bridgehead atoms. The van der Waals surface area contributed by atoms with Crippen molar-refractivity contribution >= 4 is 34.5 Å². The van der Waals surface area contributed by atoms with E-state index in [2.05, 4.69) is 15.6 Å². The molecular weight excluding hydrogens is 580 g/mol. The molecule has 4 aromatic rings. The molecule has 1 fully saturated rings. The van der Waals surface area contributed by atoms with Gasteiger partial charge in [-0.2, -0.15) is 0 Å². The minimum Gasteiger partial charge on any atom is -0.457 e. The summed E-state index contributed by atoms with van der Waals surface area (Å²) in [7, 11) is 1.69. The number of carbonyl (C=O) groups excluding carboxylic acids is 2.